The fourth-order valence-corrected chi connectivity index (χ4v) is 5.35. The lowest BCUT2D eigenvalue weighted by Crippen LogP contribution is -2.40. The first-order valence-electron chi connectivity index (χ1n) is 11.2. The number of anilines is 2. The lowest BCUT2D eigenvalue weighted by molar-refractivity contribution is -0.119. The lowest BCUT2D eigenvalue weighted by Gasteiger charge is -2.24. The topological polar surface area (TPSA) is 69.7 Å². The van der Waals surface area contributed by atoms with Crippen molar-refractivity contribution in [3.63, 3.8) is 0 Å². The van der Waals surface area contributed by atoms with E-state index in [1.54, 1.807) is 48.5 Å². The van der Waals surface area contributed by atoms with E-state index in [0.717, 1.165) is 28.5 Å². The zero-order valence-corrected chi connectivity index (χ0v) is 19.6. The van der Waals surface area contributed by atoms with Crippen molar-refractivity contribution in [3.8, 4) is 0 Å². The molecule has 0 atom stereocenters. The lowest BCUT2D eigenvalue weighted by atomic mass is 10.2. The van der Waals surface area contributed by atoms with Crippen LogP contribution in [0.4, 0.5) is 11.4 Å². The molecule has 3 aromatic rings. The van der Waals surface area contributed by atoms with Gasteiger partial charge in [0, 0.05) is 25.3 Å². The molecular formula is C26H29N3O3S. The number of carbonyl (C=O) groups excluding carboxylic acids is 1. The van der Waals surface area contributed by atoms with Gasteiger partial charge in [0.1, 0.15) is 6.54 Å². The Bertz CT molecular complexity index is 1170. The van der Waals surface area contributed by atoms with Crippen LogP contribution in [0.15, 0.2) is 83.8 Å². The van der Waals surface area contributed by atoms with E-state index in [-0.39, 0.29) is 17.3 Å². The third-order valence-electron chi connectivity index (χ3n) is 5.84. The van der Waals surface area contributed by atoms with E-state index in [1.165, 1.54) is 18.5 Å². The van der Waals surface area contributed by atoms with Gasteiger partial charge in [0.05, 0.1) is 10.6 Å². The van der Waals surface area contributed by atoms with Gasteiger partial charge in [0.25, 0.3) is 10.0 Å². The monoisotopic (exact) mass is 463 g/mol. The molecule has 0 bridgehead atoms. The van der Waals surface area contributed by atoms with Crippen LogP contribution < -0.4 is 14.5 Å². The third kappa shape index (κ3) is 5.54. The Morgan fingerprint density at radius 3 is 2.18 bits per heavy atom. The molecule has 33 heavy (non-hydrogen) atoms. The summed E-state index contributed by atoms with van der Waals surface area (Å²) >= 11 is 0. The number of aryl methyl sites for hydroxylation is 1. The molecule has 4 rings (SSSR count). The molecule has 1 heterocycles. The number of carbonyl (C=O) groups is 1. The van der Waals surface area contributed by atoms with Gasteiger partial charge in [0.15, 0.2) is 0 Å². The number of benzene rings is 3. The second kappa shape index (κ2) is 10.1. The second-order valence-electron chi connectivity index (χ2n) is 8.30. The van der Waals surface area contributed by atoms with Gasteiger partial charge < -0.3 is 10.2 Å². The van der Waals surface area contributed by atoms with Gasteiger partial charge in [-0.2, -0.15) is 0 Å². The molecule has 1 saturated heterocycles. The van der Waals surface area contributed by atoms with Crippen LogP contribution in [0.2, 0.25) is 0 Å². The SMILES string of the molecule is Cc1ccc(S(=O)(=O)N(CC(=O)NCc2ccc(N3CCCC3)cc2)c2ccccc2)cc1. The fourth-order valence-electron chi connectivity index (χ4n) is 3.93. The Morgan fingerprint density at radius 2 is 1.55 bits per heavy atom. The highest BCUT2D eigenvalue weighted by atomic mass is 32.2. The van der Waals surface area contributed by atoms with Crippen LogP contribution in [0.5, 0.6) is 0 Å². The van der Waals surface area contributed by atoms with Crippen molar-refractivity contribution in [1.29, 1.82) is 0 Å². The summed E-state index contributed by atoms with van der Waals surface area (Å²) in [5.74, 6) is -0.363. The molecule has 0 aromatic heterocycles. The highest BCUT2D eigenvalue weighted by molar-refractivity contribution is 7.92. The van der Waals surface area contributed by atoms with E-state index in [9.17, 15) is 13.2 Å². The van der Waals surface area contributed by atoms with E-state index in [0.29, 0.717) is 12.2 Å². The molecule has 0 saturated carbocycles. The largest absolute Gasteiger partial charge is 0.372 e. The molecule has 7 heteroatoms. The van der Waals surface area contributed by atoms with Crippen LogP contribution in [-0.2, 0) is 21.4 Å². The van der Waals surface area contributed by atoms with Crippen molar-refractivity contribution in [2.45, 2.75) is 31.2 Å². The minimum absolute atomic E-state index is 0.155. The fraction of sp³-hybridized carbons (Fsp3) is 0.269. The van der Waals surface area contributed by atoms with Gasteiger partial charge in [-0.15, -0.1) is 0 Å². The molecule has 0 radical (unpaired) electrons. The summed E-state index contributed by atoms with van der Waals surface area (Å²) in [5.41, 5.74) is 3.58. The van der Waals surface area contributed by atoms with Crippen LogP contribution >= 0.6 is 0 Å². The van der Waals surface area contributed by atoms with Gasteiger partial charge in [-0.25, -0.2) is 8.42 Å². The summed E-state index contributed by atoms with van der Waals surface area (Å²) in [6, 6.07) is 23.5. The first-order chi connectivity index (χ1) is 15.9. The molecule has 3 aromatic carbocycles. The molecule has 6 nitrogen and oxygen atoms in total. The molecule has 0 unspecified atom stereocenters. The quantitative estimate of drug-likeness (QED) is 0.546. The van der Waals surface area contributed by atoms with E-state index < -0.39 is 10.0 Å². The zero-order chi connectivity index (χ0) is 23.3. The summed E-state index contributed by atoms with van der Waals surface area (Å²) in [5, 5.41) is 2.86. The number of nitrogens with zero attached hydrogens (tertiary/aromatic N) is 2. The summed E-state index contributed by atoms with van der Waals surface area (Å²) in [4.78, 5) is 15.3. The Balaban J connectivity index is 1.46. The smallest absolute Gasteiger partial charge is 0.264 e. The Hall–Kier alpha value is -3.32. The van der Waals surface area contributed by atoms with Crippen LogP contribution in [0.1, 0.15) is 24.0 Å². The Kier molecular flexibility index (Phi) is 6.99. The molecule has 1 fully saturated rings. The van der Waals surface area contributed by atoms with E-state index in [1.807, 2.05) is 25.1 Å². The zero-order valence-electron chi connectivity index (χ0n) is 18.8. The number of nitrogens with one attached hydrogen (secondary N) is 1. The first kappa shape index (κ1) is 22.9. The van der Waals surface area contributed by atoms with Gasteiger partial charge in [0.2, 0.25) is 5.91 Å². The van der Waals surface area contributed by atoms with Crippen molar-refractivity contribution >= 4 is 27.3 Å². The summed E-state index contributed by atoms with van der Waals surface area (Å²) in [6.07, 6.45) is 2.45. The molecule has 0 spiro atoms. The van der Waals surface area contributed by atoms with Crippen molar-refractivity contribution in [2.24, 2.45) is 0 Å². The van der Waals surface area contributed by atoms with E-state index in [2.05, 4.69) is 22.3 Å². The average molecular weight is 464 g/mol. The number of hydrogen-bond donors (Lipinski definition) is 1. The molecule has 1 amide bonds. The maximum atomic E-state index is 13.4. The number of hydrogen-bond acceptors (Lipinski definition) is 4. The predicted octanol–water partition coefficient (Wildman–Crippen LogP) is 4.11. The van der Waals surface area contributed by atoms with Crippen molar-refractivity contribution in [1.82, 2.24) is 5.32 Å². The molecule has 1 N–H and O–H groups in total. The van der Waals surface area contributed by atoms with Crippen molar-refractivity contribution in [3.05, 3.63) is 90.0 Å². The van der Waals surface area contributed by atoms with Crippen LogP contribution in [0, 0.1) is 6.92 Å². The first-order valence-corrected chi connectivity index (χ1v) is 12.6. The Labute approximate surface area is 195 Å². The number of rotatable bonds is 8. The number of amides is 1. The van der Waals surface area contributed by atoms with Gasteiger partial charge in [-0.05, 0) is 61.7 Å². The maximum absolute atomic E-state index is 13.4. The minimum atomic E-state index is -3.90. The number of sulfonamides is 1. The normalized spacial score (nSPS) is 13.7. The van der Waals surface area contributed by atoms with Crippen LogP contribution in [0.3, 0.4) is 0 Å². The van der Waals surface area contributed by atoms with Crippen molar-refractivity contribution < 1.29 is 13.2 Å². The molecule has 172 valence electrons. The highest BCUT2D eigenvalue weighted by Gasteiger charge is 2.27. The summed E-state index contributed by atoms with van der Waals surface area (Å²) < 4.78 is 27.9. The van der Waals surface area contributed by atoms with Gasteiger partial charge in [-0.3, -0.25) is 9.10 Å². The minimum Gasteiger partial charge on any atom is -0.372 e. The van der Waals surface area contributed by atoms with Gasteiger partial charge in [-0.1, -0.05) is 48.0 Å². The summed E-state index contributed by atoms with van der Waals surface area (Å²) in [7, 11) is -3.90. The second-order valence-corrected chi connectivity index (χ2v) is 10.2. The standard InChI is InChI=1S/C26H29N3O3S/c1-21-9-15-25(16-10-21)33(31,32)29(24-7-3-2-4-8-24)20-26(30)27-19-22-11-13-23(14-12-22)28-17-5-6-18-28/h2-4,7-16H,5-6,17-20H2,1H3,(H,27,30). The van der Waals surface area contributed by atoms with E-state index in [4.69, 9.17) is 0 Å². The molecule has 1 aliphatic rings. The third-order valence-corrected chi connectivity index (χ3v) is 7.63. The Morgan fingerprint density at radius 1 is 0.909 bits per heavy atom. The van der Waals surface area contributed by atoms with Crippen molar-refractivity contribution in [2.75, 3.05) is 28.8 Å². The number of para-hydroxylation sites is 1. The molecule has 1 aliphatic heterocycles. The van der Waals surface area contributed by atoms with E-state index >= 15 is 0 Å². The average Bonchev–Trinajstić information content (AvgIpc) is 3.37. The van der Waals surface area contributed by atoms with Gasteiger partial charge >= 0.3 is 0 Å². The maximum Gasteiger partial charge on any atom is 0.264 e. The highest BCUT2D eigenvalue weighted by Crippen LogP contribution is 2.24. The summed E-state index contributed by atoms with van der Waals surface area (Å²) in [6.45, 7) is 4.11. The van der Waals surface area contributed by atoms with Crippen LogP contribution in [0.25, 0.3) is 0 Å². The van der Waals surface area contributed by atoms with Crippen LogP contribution in [-0.4, -0.2) is 34.0 Å². The predicted molar refractivity (Wildman–Crippen MR) is 132 cm³/mol. The molecular weight excluding hydrogens is 434 g/mol. The molecule has 0 aliphatic carbocycles.